The first kappa shape index (κ1) is 17.1. The Kier molecular flexibility index (Phi) is 5.01. The normalized spacial score (nSPS) is 17.6. The average Bonchev–Trinajstić information content (AvgIpc) is 2.93. The summed E-state index contributed by atoms with van der Waals surface area (Å²) in [7, 11) is 0. The Morgan fingerprint density at radius 2 is 2.04 bits per heavy atom. The van der Waals surface area contributed by atoms with Crippen molar-refractivity contribution >= 4 is 23.4 Å². The first-order valence-corrected chi connectivity index (χ1v) is 9.30. The molecule has 2 N–H and O–H groups in total. The van der Waals surface area contributed by atoms with Crippen LogP contribution in [-0.2, 0) is 5.60 Å². The molecule has 1 fully saturated rings. The topological polar surface area (TPSA) is 74.4 Å². The van der Waals surface area contributed by atoms with Crippen LogP contribution in [0.5, 0.6) is 0 Å². The molecular weight excluding hydrogens is 324 g/mol. The Hall–Kier alpha value is -1.73. The summed E-state index contributed by atoms with van der Waals surface area (Å²) in [5.41, 5.74) is -0.232. The van der Waals surface area contributed by atoms with E-state index in [-0.39, 0.29) is 0 Å². The van der Waals surface area contributed by atoms with E-state index >= 15 is 0 Å². The van der Waals surface area contributed by atoms with Crippen LogP contribution in [0.2, 0.25) is 0 Å². The zero-order chi connectivity index (χ0) is 17.2. The van der Waals surface area contributed by atoms with Gasteiger partial charge in [0.1, 0.15) is 35.1 Å². The van der Waals surface area contributed by atoms with E-state index in [9.17, 15) is 5.11 Å². The van der Waals surface area contributed by atoms with Crippen molar-refractivity contribution in [3.63, 3.8) is 0 Å². The quantitative estimate of drug-likeness (QED) is 0.860. The monoisotopic (exact) mass is 348 g/mol. The fourth-order valence-corrected chi connectivity index (χ4v) is 3.84. The molecule has 3 rings (SSSR count). The van der Waals surface area contributed by atoms with Gasteiger partial charge in [-0.15, -0.1) is 0 Å². The summed E-state index contributed by atoms with van der Waals surface area (Å²) in [5.74, 6) is 5.45. The molecule has 1 aliphatic heterocycles. The highest BCUT2D eigenvalue weighted by atomic mass is 32.2. The van der Waals surface area contributed by atoms with Crippen molar-refractivity contribution in [3.8, 4) is 0 Å². The predicted octanol–water partition coefficient (Wildman–Crippen LogP) is 2.56. The molecule has 1 saturated heterocycles. The number of aromatic nitrogens is 2. The van der Waals surface area contributed by atoms with Gasteiger partial charge in [0.15, 0.2) is 0 Å². The summed E-state index contributed by atoms with van der Waals surface area (Å²) < 4.78 is 5.53. The van der Waals surface area contributed by atoms with Gasteiger partial charge in [-0.3, -0.25) is 0 Å². The van der Waals surface area contributed by atoms with Crippen LogP contribution in [0.25, 0.3) is 0 Å². The van der Waals surface area contributed by atoms with Gasteiger partial charge < -0.3 is 19.7 Å². The van der Waals surface area contributed by atoms with E-state index in [0.29, 0.717) is 6.54 Å². The third-order valence-electron chi connectivity index (χ3n) is 4.22. The predicted molar refractivity (Wildman–Crippen MR) is 97.8 cm³/mol. The van der Waals surface area contributed by atoms with E-state index in [1.54, 1.807) is 13.3 Å². The summed E-state index contributed by atoms with van der Waals surface area (Å²) in [6, 6.07) is 3.83. The molecule has 0 amide bonds. The molecule has 0 radical (unpaired) electrons. The van der Waals surface area contributed by atoms with Gasteiger partial charge >= 0.3 is 0 Å². The van der Waals surface area contributed by atoms with Gasteiger partial charge in [-0.2, -0.15) is 11.8 Å². The van der Waals surface area contributed by atoms with Gasteiger partial charge in [-0.05, 0) is 26.8 Å². The van der Waals surface area contributed by atoms with Gasteiger partial charge in [0.25, 0.3) is 0 Å². The number of hydrogen-bond acceptors (Lipinski definition) is 7. The molecule has 7 heteroatoms. The van der Waals surface area contributed by atoms with E-state index in [1.807, 2.05) is 37.7 Å². The maximum Gasteiger partial charge on any atom is 0.134 e. The van der Waals surface area contributed by atoms with Crippen molar-refractivity contribution in [2.24, 2.45) is 0 Å². The minimum Gasteiger partial charge on any atom is -0.466 e. The molecule has 24 heavy (non-hydrogen) atoms. The van der Waals surface area contributed by atoms with Crippen LogP contribution in [0, 0.1) is 13.8 Å². The third kappa shape index (κ3) is 3.84. The number of furan rings is 1. The zero-order valence-corrected chi connectivity index (χ0v) is 15.2. The van der Waals surface area contributed by atoms with E-state index in [2.05, 4.69) is 20.2 Å². The molecule has 1 atom stereocenters. The number of nitrogens with zero attached hydrogens (tertiary/aromatic N) is 3. The van der Waals surface area contributed by atoms with Crippen LogP contribution in [0.4, 0.5) is 11.6 Å². The summed E-state index contributed by atoms with van der Waals surface area (Å²) in [6.07, 6.45) is 1.57. The second kappa shape index (κ2) is 7.03. The number of hydrogen-bond donors (Lipinski definition) is 2. The number of aryl methyl sites for hydroxylation is 2. The van der Waals surface area contributed by atoms with Crippen LogP contribution in [0.15, 0.2) is 22.9 Å². The van der Waals surface area contributed by atoms with Crippen LogP contribution >= 0.6 is 11.8 Å². The first-order valence-electron chi connectivity index (χ1n) is 8.14. The van der Waals surface area contributed by atoms with Crippen molar-refractivity contribution in [2.45, 2.75) is 26.4 Å². The number of aliphatic hydroxyl groups is 1. The summed E-state index contributed by atoms with van der Waals surface area (Å²) in [5, 5.41) is 14.0. The second-order valence-electron chi connectivity index (χ2n) is 6.32. The molecule has 0 unspecified atom stereocenters. The van der Waals surface area contributed by atoms with E-state index in [1.165, 1.54) is 0 Å². The number of anilines is 2. The fraction of sp³-hybridized carbons (Fsp3) is 0.529. The molecule has 0 bridgehead atoms. The minimum atomic E-state index is -1.03. The molecule has 6 nitrogen and oxygen atoms in total. The maximum absolute atomic E-state index is 10.8. The van der Waals surface area contributed by atoms with Crippen LogP contribution in [0.1, 0.15) is 24.0 Å². The lowest BCUT2D eigenvalue weighted by Crippen LogP contribution is -2.33. The Labute approximate surface area is 146 Å². The Balaban J connectivity index is 1.68. The highest BCUT2D eigenvalue weighted by Crippen LogP contribution is 2.27. The summed E-state index contributed by atoms with van der Waals surface area (Å²) >= 11 is 1.97. The highest BCUT2D eigenvalue weighted by Gasteiger charge is 2.27. The lowest BCUT2D eigenvalue weighted by atomic mass is 9.96. The molecule has 3 heterocycles. The molecular formula is C17H24N4O2S. The molecule has 0 aliphatic carbocycles. The second-order valence-corrected chi connectivity index (χ2v) is 7.54. The van der Waals surface area contributed by atoms with Crippen molar-refractivity contribution in [1.29, 1.82) is 0 Å². The van der Waals surface area contributed by atoms with Crippen LogP contribution in [-0.4, -0.2) is 46.2 Å². The van der Waals surface area contributed by atoms with Gasteiger partial charge in [-0.25, -0.2) is 9.97 Å². The highest BCUT2D eigenvalue weighted by molar-refractivity contribution is 7.99. The smallest absolute Gasteiger partial charge is 0.134 e. The molecule has 1 aliphatic rings. The molecule has 130 valence electrons. The van der Waals surface area contributed by atoms with Crippen LogP contribution in [0.3, 0.4) is 0 Å². The van der Waals surface area contributed by atoms with E-state index in [0.717, 1.165) is 53.3 Å². The van der Waals surface area contributed by atoms with Gasteiger partial charge in [0.05, 0.1) is 0 Å². The minimum absolute atomic E-state index is 0.346. The Morgan fingerprint density at radius 1 is 1.29 bits per heavy atom. The van der Waals surface area contributed by atoms with Crippen LogP contribution < -0.4 is 10.2 Å². The first-order chi connectivity index (χ1) is 11.5. The molecule has 2 aromatic rings. The zero-order valence-electron chi connectivity index (χ0n) is 14.4. The SMILES string of the molecule is Cc1cc([C@@](C)(O)CNc2cc(N3CCSCC3)ncn2)c(C)o1. The Bertz CT molecular complexity index is 696. The largest absolute Gasteiger partial charge is 0.466 e. The number of nitrogens with one attached hydrogen (secondary N) is 1. The summed E-state index contributed by atoms with van der Waals surface area (Å²) in [4.78, 5) is 10.9. The summed E-state index contributed by atoms with van der Waals surface area (Å²) in [6.45, 7) is 7.89. The third-order valence-corrected chi connectivity index (χ3v) is 5.17. The molecule has 0 spiro atoms. The fourth-order valence-electron chi connectivity index (χ4n) is 2.93. The lowest BCUT2D eigenvalue weighted by Gasteiger charge is -2.28. The van der Waals surface area contributed by atoms with E-state index < -0.39 is 5.60 Å². The number of rotatable bonds is 5. The molecule has 0 aromatic carbocycles. The standard InChI is InChI=1S/C17H24N4O2S/c1-12-8-14(13(2)23-12)17(3,22)10-18-15-9-16(20-11-19-15)21-4-6-24-7-5-21/h8-9,11,22H,4-7,10H2,1-3H3,(H,18,19,20)/t17-/m0/s1. The van der Waals surface area contributed by atoms with Crippen molar-refractivity contribution in [3.05, 3.63) is 35.5 Å². The van der Waals surface area contributed by atoms with Gasteiger partial charge in [0, 0.05) is 42.8 Å². The van der Waals surface area contributed by atoms with Gasteiger partial charge in [0.2, 0.25) is 0 Å². The van der Waals surface area contributed by atoms with Crippen molar-refractivity contribution < 1.29 is 9.52 Å². The van der Waals surface area contributed by atoms with Crippen molar-refractivity contribution in [1.82, 2.24) is 9.97 Å². The van der Waals surface area contributed by atoms with Gasteiger partial charge in [-0.1, -0.05) is 0 Å². The average molecular weight is 348 g/mol. The van der Waals surface area contributed by atoms with E-state index in [4.69, 9.17) is 4.42 Å². The lowest BCUT2D eigenvalue weighted by molar-refractivity contribution is 0.0698. The molecule has 0 saturated carbocycles. The Morgan fingerprint density at radius 3 is 2.71 bits per heavy atom. The maximum atomic E-state index is 10.8. The molecule has 2 aromatic heterocycles. The van der Waals surface area contributed by atoms with Crippen molar-refractivity contribution in [2.75, 3.05) is 41.4 Å². The number of thioether (sulfide) groups is 1.